The first-order chi connectivity index (χ1) is 11.2. The van der Waals surface area contributed by atoms with Crippen LogP contribution in [0.4, 0.5) is 0 Å². The smallest absolute Gasteiger partial charge is 0.204 e. The Balaban J connectivity index is 1.66. The van der Waals surface area contributed by atoms with Crippen molar-refractivity contribution in [1.82, 2.24) is 0 Å². The van der Waals surface area contributed by atoms with Gasteiger partial charge in [0.1, 0.15) is 0 Å². The third kappa shape index (κ3) is 2.52. The monoisotopic (exact) mass is 318 g/mol. The largest absolute Gasteiger partial charge is 0.353 e. The van der Waals surface area contributed by atoms with Gasteiger partial charge in [0.2, 0.25) is 5.79 Å². The van der Waals surface area contributed by atoms with Gasteiger partial charge in [-0.15, -0.1) is 0 Å². The Kier molecular flexibility index (Phi) is 3.96. The summed E-state index contributed by atoms with van der Waals surface area (Å²) in [6.07, 6.45) is 6.16. The molecule has 3 aliphatic heterocycles. The molecule has 2 bridgehead atoms. The average Bonchev–Trinajstić information content (AvgIpc) is 2.77. The summed E-state index contributed by atoms with van der Waals surface area (Å²) in [5, 5.41) is 0. The maximum atomic E-state index is 6.32. The second-order valence-corrected chi connectivity index (χ2v) is 7.39. The molecule has 1 aromatic carbocycles. The molecule has 2 unspecified atom stereocenters. The molecule has 3 saturated heterocycles. The second kappa shape index (κ2) is 5.85. The van der Waals surface area contributed by atoms with Crippen LogP contribution in [0.1, 0.15) is 44.6 Å². The van der Waals surface area contributed by atoms with E-state index in [4.69, 9.17) is 19.2 Å². The summed E-state index contributed by atoms with van der Waals surface area (Å²) in [6.45, 7) is 2.00. The molecule has 126 valence electrons. The van der Waals surface area contributed by atoms with Crippen molar-refractivity contribution in [1.29, 1.82) is 0 Å². The summed E-state index contributed by atoms with van der Waals surface area (Å²) in [6, 6.07) is 10.6. The van der Waals surface area contributed by atoms with Crippen LogP contribution in [-0.2, 0) is 25.7 Å². The van der Waals surface area contributed by atoms with Crippen LogP contribution in [0.2, 0.25) is 0 Å². The highest BCUT2D eigenvalue weighted by Crippen LogP contribution is 2.54. The normalized spacial score (nSPS) is 43.0. The lowest BCUT2D eigenvalue weighted by Crippen LogP contribution is -2.60. The average molecular weight is 318 g/mol. The van der Waals surface area contributed by atoms with Crippen molar-refractivity contribution in [3.63, 3.8) is 0 Å². The zero-order chi connectivity index (χ0) is 15.9. The molecule has 4 heteroatoms. The minimum atomic E-state index is -0.751. The van der Waals surface area contributed by atoms with Gasteiger partial charge in [-0.1, -0.05) is 43.2 Å². The van der Waals surface area contributed by atoms with Gasteiger partial charge in [-0.25, -0.2) is 9.78 Å². The van der Waals surface area contributed by atoms with Gasteiger partial charge in [0.15, 0.2) is 11.9 Å². The Bertz CT molecular complexity index is 548. The summed E-state index contributed by atoms with van der Waals surface area (Å²) in [4.78, 5) is 11.9. The van der Waals surface area contributed by atoms with Crippen molar-refractivity contribution < 1.29 is 19.2 Å². The summed E-state index contributed by atoms with van der Waals surface area (Å²) < 4.78 is 12.0. The fraction of sp³-hybridized carbons (Fsp3) is 0.684. The van der Waals surface area contributed by atoms with Crippen LogP contribution in [0.15, 0.2) is 30.3 Å². The Labute approximate surface area is 138 Å². The minimum absolute atomic E-state index is 0.259. The summed E-state index contributed by atoms with van der Waals surface area (Å²) in [5.74, 6) is -0.0618. The van der Waals surface area contributed by atoms with E-state index in [-0.39, 0.29) is 12.2 Å². The Morgan fingerprint density at radius 3 is 2.78 bits per heavy atom. The van der Waals surface area contributed by atoms with E-state index in [0.717, 1.165) is 32.1 Å². The van der Waals surface area contributed by atoms with Gasteiger partial charge in [-0.3, -0.25) is 0 Å². The second-order valence-electron chi connectivity index (χ2n) is 7.39. The predicted molar refractivity (Wildman–Crippen MR) is 85.4 cm³/mol. The molecular formula is C19H26O4. The molecule has 0 amide bonds. The molecule has 5 atom stereocenters. The van der Waals surface area contributed by atoms with E-state index < -0.39 is 11.4 Å². The van der Waals surface area contributed by atoms with Crippen molar-refractivity contribution >= 4 is 0 Å². The topological polar surface area (TPSA) is 36.9 Å². The molecule has 0 aromatic heterocycles. The first kappa shape index (κ1) is 15.6. The zero-order valence-corrected chi connectivity index (χ0v) is 14.0. The summed E-state index contributed by atoms with van der Waals surface area (Å²) in [5.41, 5.74) is 0.882. The predicted octanol–water partition coefficient (Wildman–Crippen LogP) is 3.85. The summed E-state index contributed by atoms with van der Waals surface area (Å²) in [7, 11) is 1.71. The zero-order valence-electron chi connectivity index (χ0n) is 14.0. The molecule has 4 nitrogen and oxygen atoms in total. The fourth-order valence-corrected chi connectivity index (χ4v) is 4.65. The Morgan fingerprint density at radius 1 is 1.17 bits per heavy atom. The molecule has 1 aromatic rings. The van der Waals surface area contributed by atoms with E-state index in [2.05, 4.69) is 30.3 Å². The van der Waals surface area contributed by atoms with Gasteiger partial charge in [-0.05, 0) is 44.1 Å². The van der Waals surface area contributed by atoms with Crippen LogP contribution < -0.4 is 0 Å². The summed E-state index contributed by atoms with van der Waals surface area (Å²) >= 11 is 0. The molecule has 1 spiro atoms. The van der Waals surface area contributed by atoms with Crippen molar-refractivity contribution in [2.45, 2.75) is 63.1 Å². The lowest BCUT2D eigenvalue weighted by atomic mass is 9.70. The standard InChI is InChI=1S/C19H26O4/c1-18-16(12-14-8-4-3-5-9-14)13-15-10-6-7-11-19(15,23-22-18)17(20-2)21-18/h3-5,8-9,15-17H,6-7,10-13H2,1-2H3/t15-,16?,17?,18-,19+/m1/s1. The van der Waals surface area contributed by atoms with Gasteiger partial charge < -0.3 is 9.47 Å². The molecule has 3 heterocycles. The van der Waals surface area contributed by atoms with Crippen molar-refractivity contribution in [3.8, 4) is 0 Å². The van der Waals surface area contributed by atoms with E-state index in [0.29, 0.717) is 5.92 Å². The molecule has 4 aliphatic rings. The van der Waals surface area contributed by atoms with Crippen molar-refractivity contribution in [3.05, 3.63) is 35.9 Å². The number of ether oxygens (including phenoxy) is 2. The highest BCUT2D eigenvalue weighted by molar-refractivity contribution is 5.16. The van der Waals surface area contributed by atoms with Crippen LogP contribution >= 0.6 is 0 Å². The molecule has 0 radical (unpaired) electrons. The molecule has 4 fully saturated rings. The fourth-order valence-electron chi connectivity index (χ4n) is 4.65. The number of hydrogen-bond donors (Lipinski definition) is 0. The lowest BCUT2D eigenvalue weighted by molar-refractivity contribution is -0.553. The number of benzene rings is 1. The highest BCUT2D eigenvalue weighted by atomic mass is 17.3. The van der Waals surface area contributed by atoms with Crippen LogP contribution in [-0.4, -0.2) is 24.8 Å². The van der Waals surface area contributed by atoms with Crippen molar-refractivity contribution in [2.24, 2.45) is 11.8 Å². The van der Waals surface area contributed by atoms with Gasteiger partial charge in [-0.2, -0.15) is 0 Å². The number of methoxy groups -OCH3 is 1. The number of hydrogen-bond acceptors (Lipinski definition) is 4. The van der Waals surface area contributed by atoms with Gasteiger partial charge in [0.25, 0.3) is 0 Å². The van der Waals surface area contributed by atoms with E-state index in [1.54, 1.807) is 7.11 Å². The lowest BCUT2D eigenvalue weighted by Gasteiger charge is -2.49. The number of rotatable bonds is 3. The molecule has 1 aliphatic carbocycles. The van der Waals surface area contributed by atoms with Gasteiger partial charge in [0, 0.05) is 13.0 Å². The molecule has 0 N–H and O–H groups in total. The quantitative estimate of drug-likeness (QED) is 0.793. The Hall–Kier alpha value is -0.940. The van der Waals surface area contributed by atoms with Crippen LogP contribution in [0.5, 0.6) is 0 Å². The van der Waals surface area contributed by atoms with Crippen LogP contribution in [0.3, 0.4) is 0 Å². The highest BCUT2D eigenvalue weighted by Gasteiger charge is 2.62. The third-order valence-corrected chi connectivity index (χ3v) is 6.01. The Morgan fingerprint density at radius 2 is 2.00 bits per heavy atom. The number of fused-ring (bicyclic) bond motifs is 3. The maximum absolute atomic E-state index is 6.32. The van der Waals surface area contributed by atoms with Crippen LogP contribution in [0, 0.1) is 11.8 Å². The molecule has 5 rings (SSSR count). The van der Waals surface area contributed by atoms with E-state index in [1.165, 1.54) is 12.0 Å². The van der Waals surface area contributed by atoms with E-state index in [9.17, 15) is 0 Å². The molecule has 23 heavy (non-hydrogen) atoms. The maximum Gasteiger partial charge on any atom is 0.204 e. The van der Waals surface area contributed by atoms with Gasteiger partial charge in [0.05, 0.1) is 0 Å². The van der Waals surface area contributed by atoms with Crippen LogP contribution in [0.25, 0.3) is 0 Å². The van der Waals surface area contributed by atoms with E-state index in [1.807, 2.05) is 6.92 Å². The SMILES string of the molecule is COC1O[C@]2(C)OO[C@]13CCCC[C@@H]3CC2Cc1ccccc1. The van der Waals surface area contributed by atoms with Crippen molar-refractivity contribution in [2.75, 3.05) is 7.11 Å². The third-order valence-electron chi connectivity index (χ3n) is 6.01. The minimum Gasteiger partial charge on any atom is -0.353 e. The molecule has 1 saturated carbocycles. The first-order valence-electron chi connectivity index (χ1n) is 8.78. The first-order valence-corrected chi connectivity index (χ1v) is 8.78. The van der Waals surface area contributed by atoms with E-state index >= 15 is 0 Å². The molecular weight excluding hydrogens is 292 g/mol. The van der Waals surface area contributed by atoms with Gasteiger partial charge >= 0.3 is 0 Å².